The zero-order chi connectivity index (χ0) is 12.7. The second-order valence-electron chi connectivity index (χ2n) is 4.89. The molecule has 17 heavy (non-hydrogen) atoms. The van der Waals surface area contributed by atoms with Gasteiger partial charge in [0.2, 0.25) is 0 Å². The van der Waals surface area contributed by atoms with E-state index >= 15 is 0 Å². The molecule has 98 valence electrons. The molecule has 0 fully saturated rings. The molecule has 1 atom stereocenters. The van der Waals surface area contributed by atoms with Gasteiger partial charge in [0.05, 0.1) is 0 Å². The van der Waals surface area contributed by atoms with Gasteiger partial charge in [0, 0.05) is 30.1 Å². The van der Waals surface area contributed by atoms with Gasteiger partial charge in [-0.05, 0) is 45.2 Å². The van der Waals surface area contributed by atoms with Crippen LogP contribution in [0, 0.1) is 0 Å². The molecule has 1 aromatic heterocycles. The van der Waals surface area contributed by atoms with Gasteiger partial charge in [-0.1, -0.05) is 13.0 Å². The Bertz CT molecular complexity index is 282. The van der Waals surface area contributed by atoms with Crippen LogP contribution in [0.15, 0.2) is 17.5 Å². The smallest absolute Gasteiger partial charge is 0.0300 e. The molecular weight excluding hydrogens is 228 g/mol. The third-order valence-electron chi connectivity index (χ3n) is 3.03. The van der Waals surface area contributed by atoms with Gasteiger partial charge in [-0.15, -0.1) is 11.3 Å². The van der Waals surface area contributed by atoms with Crippen molar-refractivity contribution in [2.75, 3.05) is 13.1 Å². The molecular formula is C14H26N2S. The van der Waals surface area contributed by atoms with Crippen molar-refractivity contribution in [2.24, 2.45) is 0 Å². The molecule has 3 heteroatoms. The molecule has 0 saturated heterocycles. The lowest BCUT2D eigenvalue weighted by Gasteiger charge is -2.32. The van der Waals surface area contributed by atoms with Gasteiger partial charge in [0.25, 0.3) is 0 Å². The normalized spacial score (nSPS) is 13.5. The van der Waals surface area contributed by atoms with E-state index in [1.807, 2.05) is 11.3 Å². The summed E-state index contributed by atoms with van der Waals surface area (Å²) in [6, 6.07) is 5.54. The van der Waals surface area contributed by atoms with Crippen LogP contribution in [-0.4, -0.2) is 30.1 Å². The van der Waals surface area contributed by atoms with E-state index in [2.05, 4.69) is 55.4 Å². The maximum atomic E-state index is 3.55. The first-order valence-corrected chi connectivity index (χ1v) is 7.52. The highest BCUT2D eigenvalue weighted by molar-refractivity contribution is 7.09. The van der Waals surface area contributed by atoms with Gasteiger partial charge in [0.15, 0.2) is 0 Å². The summed E-state index contributed by atoms with van der Waals surface area (Å²) in [4.78, 5) is 3.99. The fraction of sp³-hybridized carbons (Fsp3) is 0.714. The highest BCUT2D eigenvalue weighted by Gasteiger charge is 2.15. The van der Waals surface area contributed by atoms with E-state index in [1.54, 1.807) is 0 Å². The summed E-state index contributed by atoms with van der Waals surface area (Å²) in [5.41, 5.74) is 0. The van der Waals surface area contributed by atoms with Crippen LogP contribution in [0.3, 0.4) is 0 Å². The molecule has 2 nitrogen and oxygen atoms in total. The van der Waals surface area contributed by atoms with Crippen LogP contribution in [0.25, 0.3) is 0 Å². The predicted octanol–water partition coefficient (Wildman–Crippen LogP) is 3.35. The highest BCUT2D eigenvalue weighted by atomic mass is 32.1. The summed E-state index contributed by atoms with van der Waals surface area (Å²) < 4.78 is 0. The third kappa shape index (κ3) is 5.19. The molecule has 0 aliphatic heterocycles. The fourth-order valence-corrected chi connectivity index (χ4v) is 2.85. The van der Waals surface area contributed by atoms with Crippen molar-refractivity contribution in [3.8, 4) is 0 Å². The van der Waals surface area contributed by atoms with Crippen molar-refractivity contribution in [1.29, 1.82) is 0 Å². The van der Waals surface area contributed by atoms with Crippen molar-refractivity contribution in [3.63, 3.8) is 0 Å². The lowest BCUT2D eigenvalue weighted by Crippen LogP contribution is -2.44. The molecule has 0 aliphatic carbocycles. The average Bonchev–Trinajstić information content (AvgIpc) is 2.78. The topological polar surface area (TPSA) is 15.3 Å². The van der Waals surface area contributed by atoms with E-state index in [4.69, 9.17) is 0 Å². The van der Waals surface area contributed by atoms with Crippen LogP contribution in [0.4, 0.5) is 0 Å². The molecule has 0 aromatic carbocycles. The number of hydrogen-bond donors (Lipinski definition) is 1. The second kappa shape index (κ2) is 7.85. The molecule has 0 amide bonds. The Hall–Kier alpha value is -0.380. The van der Waals surface area contributed by atoms with Crippen molar-refractivity contribution in [2.45, 2.75) is 52.7 Å². The molecule has 0 aliphatic rings. The summed E-state index contributed by atoms with van der Waals surface area (Å²) in [6.45, 7) is 12.4. The molecule has 0 spiro atoms. The predicted molar refractivity (Wildman–Crippen MR) is 77.6 cm³/mol. The van der Waals surface area contributed by atoms with Gasteiger partial charge >= 0.3 is 0 Å². The van der Waals surface area contributed by atoms with Crippen LogP contribution in [-0.2, 0) is 6.54 Å². The Morgan fingerprint density at radius 3 is 2.65 bits per heavy atom. The van der Waals surface area contributed by atoms with Crippen LogP contribution >= 0.6 is 11.3 Å². The van der Waals surface area contributed by atoms with Gasteiger partial charge in [-0.25, -0.2) is 0 Å². The van der Waals surface area contributed by atoms with Gasteiger partial charge < -0.3 is 5.32 Å². The minimum absolute atomic E-state index is 0.606. The quantitative estimate of drug-likeness (QED) is 0.765. The molecule has 1 unspecified atom stereocenters. The average molecular weight is 254 g/mol. The largest absolute Gasteiger partial charge is 0.310 e. The van der Waals surface area contributed by atoms with E-state index < -0.39 is 0 Å². The first-order valence-electron chi connectivity index (χ1n) is 6.64. The highest BCUT2D eigenvalue weighted by Crippen LogP contribution is 2.09. The Balaban J connectivity index is 2.29. The van der Waals surface area contributed by atoms with Crippen molar-refractivity contribution >= 4 is 11.3 Å². The Labute approximate surface area is 110 Å². The van der Waals surface area contributed by atoms with E-state index in [1.165, 1.54) is 17.8 Å². The Kier molecular flexibility index (Phi) is 6.78. The van der Waals surface area contributed by atoms with Crippen LogP contribution in [0.1, 0.15) is 39.0 Å². The number of thiophene rings is 1. The lowest BCUT2D eigenvalue weighted by atomic mass is 10.2. The summed E-state index contributed by atoms with van der Waals surface area (Å²) in [5.74, 6) is 0. The number of hydrogen-bond acceptors (Lipinski definition) is 3. The zero-order valence-corrected chi connectivity index (χ0v) is 12.4. The molecule has 1 N–H and O–H groups in total. The summed E-state index contributed by atoms with van der Waals surface area (Å²) in [5, 5.41) is 5.69. The maximum absolute atomic E-state index is 3.55. The SMILES string of the molecule is CCCN(C(C)C)C(C)CNCc1cccs1. The molecule has 0 radical (unpaired) electrons. The molecule has 1 aromatic rings. The van der Waals surface area contributed by atoms with E-state index in [0.717, 1.165) is 13.1 Å². The van der Waals surface area contributed by atoms with E-state index in [0.29, 0.717) is 12.1 Å². The molecule has 1 rings (SSSR count). The van der Waals surface area contributed by atoms with E-state index in [9.17, 15) is 0 Å². The molecule has 1 heterocycles. The number of rotatable bonds is 8. The third-order valence-corrected chi connectivity index (χ3v) is 3.91. The minimum atomic E-state index is 0.606. The first kappa shape index (κ1) is 14.7. The molecule has 0 saturated carbocycles. The van der Waals surface area contributed by atoms with Gasteiger partial charge in [-0.3, -0.25) is 4.90 Å². The standard InChI is InChI=1S/C14H26N2S/c1-5-8-16(12(2)3)13(4)10-15-11-14-7-6-9-17-14/h6-7,9,12-13,15H,5,8,10-11H2,1-4H3. The van der Waals surface area contributed by atoms with Crippen LogP contribution in [0.5, 0.6) is 0 Å². The maximum Gasteiger partial charge on any atom is 0.0300 e. The van der Waals surface area contributed by atoms with Crippen molar-refractivity contribution in [3.05, 3.63) is 22.4 Å². The van der Waals surface area contributed by atoms with Gasteiger partial charge in [-0.2, -0.15) is 0 Å². The van der Waals surface area contributed by atoms with Crippen molar-refractivity contribution in [1.82, 2.24) is 10.2 Å². The Morgan fingerprint density at radius 1 is 1.35 bits per heavy atom. The van der Waals surface area contributed by atoms with E-state index in [-0.39, 0.29) is 0 Å². The lowest BCUT2D eigenvalue weighted by molar-refractivity contribution is 0.161. The summed E-state index contributed by atoms with van der Waals surface area (Å²) >= 11 is 1.82. The number of nitrogens with zero attached hydrogens (tertiary/aromatic N) is 1. The second-order valence-corrected chi connectivity index (χ2v) is 5.92. The first-order chi connectivity index (χ1) is 8.15. The summed E-state index contributed by atoms with van der Waals surface area (Å²) in [7, 11) is 0. The number of nitrogens with one attached hydrogen (secondary N) is 1. The van der Waals surface area contributed by atoms with Crippen LogP contribution < -0.4 is 5.32 Å². The monoisotopic (exact) mass is 254 g/mol. The molecule has 0 bridgehead atoms. The zero-order valence-electron chi connectivity index (χ0n) is 11.6. The Morgan fingerprint density at radius 2 is 2.12 bits per heavy atom. The van der Waals surface area contributed by atoms with Crippen molar-refractivity contribution < 1.29 is 0 Å². The van der Waals surface area contributed by atoms with Gasteiger partial charge in [0.1, 0.15) is 0 Å². The minimum Gasteiger partial charge on any atom is -0.310 e. The summed E-state index contributed by atoms with van der Waals surface area (Å²) in [6.07, 6.45) is 1.23. The fourth-order valence-electron chi connectivity index (χ4n) is 2.18. The van der Waals surface area contributed by atoms with Crippen LogP contribution in [0.2, 0.25) is 0 Å².